The van der Waals surface area contributed by atoms with Crippen LogP contribution in [0.15, 0.2) is 60.7 Å². The number of rotatable bonds is 16. The molecule has 0 unspecified atom stereocenters. The summed E-state index contributed by atoms with van der Waals surface area (Å²) >= 11 is 0. The molecule has 12 nitrogen and oxygen atoms in total. The highest BCUT2D eigenvalue weighted by Crippen LogP contribution is 2.49. The molecule has 60 heavy (non-hydrogen) atoms. The van der Waals surface area contributed by atoms with E-state index < -0.39 is 121 Å². The zero-order valence-corrected chi connectivity index (χ0v) is 33.6. The average Bonchev–Trinajstić information content (AvgIpc) is 3.18. The molecule has 0 aliphatic rings. The summed E-state index contributed by atoms with van der Waals surface area (Å²) in [5.74, 6) is -29.3. The molecule has 4 atom stereocenters. The molecule has 0 aliphatic heterocycles. The van der Waals surface area contributed by atoms with E-state index in [4.69, 9.17) is 18.5 Å². The summed E-state index contributed by atoms with van der Waals surface area (Å²) in [6.45, 7) is 8.50. The van der Waals surface area contributed by atoms with E-state index in [-0.39, 0.29) is 11.5 Å². The van der Waals surface area contributed by atoms with Crippen LogP contribution in [-0.2, 0) is 28.2 Å². The van der Waals surface area contributed by atoms with E-state index >= 15 is 0 Å². The maximum atomic E-state index is 14.0. The van der Waals surface area contributed by atoms with Gasteiger partial charge in [-0.15, -0.1) is 0 Å². The zero-order valence-electron chi connectivity index (χ0n) is 31.8. The van der Waals surface area contributed by atoms with Crippen LogP contribution < -0.4 is 28.3 Å². The van der Waals surface area contributed by atoms with E-state index in [0.29, 0.717) is 0 Å². The maximum Gasteiger partial charge on any atom is 0.513 e. The van der Waals surface area contributed by atoms with E-state index in [1.807, 2.05) is 0 Å². The van der Waals surface area contributed by atoms with Gasteiger partial charge in [0.05, 0.1) is 12.2 Å². The number of carbonyl (C=O) groups excluding carboxylic acids is 2. The minimum Gasteiger partial charge on any atom is -0.462 e. The van der Waals surface area contributed by atoms with Crippen molar-refractivity contribution in [2.75, 3.05) is 0 Å². The van der Waals surface area contributed by atoms with Crippen LogP contribution in [0.2, 0.25) is 0 Å². The Balaban J connectivity index is 0.000000320. The van der Waals surface area contributed by atoms with Crippen molar-refractivity contribution in [3.63, 3.8) is 0 Å². The first kappa shape index (κ1) is 49.1. The van der Waals surface area contributed by atoms with E-state index in [2.05, 4.69) is 19.2 Å². The van der Waals surface area contributed by atoms with Gasteiger partial charge in [-0.2, -0.15) is 27.7 Å². The fourth-order valence-corrected chi connectivity index (χ4v) is 7.25. The number of hydrogen-bond acceptors (Lipinski definition) is 10. The number of para-hydroxylation sites is 2. The van der Waals surface area contributed by atoms with Crippen LogP contribution in [-0.4, -0.2) is 36.2 Å². The molecule has 0 radical (unpaired) electrons. The first-order chi connectivity index (χ1) is 27.9. The molecule has 4 aromatic rings. The zero-order chi connectivity index (χ0) is 45.3. The topological polar surface area (TPSA) is 148 Å². The lowest BCUT2D eigenvalue weighted by Crippen LogP contribution is -2.37. The Morgan fingerprint density at radius 1 is 0.433 bits per heavy atom. The van der Waals surface area contributed by atoms with Gasteiger partial charge in [0, 0.05) is 0 Å². The van der Waals surface area contributed by atoms with Gasteiger partial charge in [0.1, 0.15) is 23.6 Å². The fraction of sp³-hybridized carbons (Fsp3) is 0.278. The minimum absolute atomic E-state index is 0.137. The summed E-state index contributed by atoms with van der Waals surface area (Å²) < 4.78 is 192. The molecule has 4 rings (SSSR count). The number of benzene rings is 4. The first-order valence-corrected chi connectivity index (χ1v) is 20.1. The SMILES string of the molecule is CC(C)OC(=O)[C@@H](C)N[P@@](=O)(Oc1ccccc1)Oc1c(F)c(F)c(F)c(F)c1F.CC(C)OC(=O)[C@@H](C)N[P@@](=O)(Oc1ccccc1)Oc1c(F)c(F)c(F)c(F)c1F. The fourth-order valence-electron chi connectivity index (χ4n) is 4.20. The van der Waals surface area contributed by atoms with Crippen LogP contribution in [0, 0.1) is 58.2 Å². The van der Waals surface area contributed by atoms with Crippen molar-refractivity contribution in [1.82, 2.24) is 10.2 Å². The van der Waals surface area contributed by atoms with Crippen LogP contribution in [0.25, 0.3) is 0 Å². The van der Waals surface area contributed by atoms with Crippen molar-refractivity contribution in [3.8, 4) is 23.0 Å². The van der Waals surface area contributed by atoms with Gasteiger partial charge >= 0.3 is 27.4 Å². The highest BCUT2D eigenvalue weighted by atomic mass is 31.2. The summed E-state index contributed by atoms with van der Waals surface area (Å²) in [6.07, 6.45) is -1.10. The maximum absolute atomic E-state index is 14.0. The highest BCUT2D eigenvalue weighted by Gasteiger charge is 2.40. The molecule has 328 valence electrons. The minimum atomic E-state index is -4.91. The molecule has 0 aliphatic carbocycles. The van der Waals surface area contributed by atoms with Gasteiger partial charge in [-0.25, -0.2) is 35.5 Å². The standard InChI is InChI=1S/2C18H17F5NO5P/c2*1-9(2)27-18(25)10(3)24-30(26,28-11-7-5-4-6-8-11)29-17-15(22)13(20)12(19)14(21)16(17)23/h2*4-10H,1-3H3,(H,24,26)/t2*10-,30-/m11/s1. The normalized spacial score (nSPS) is 14.2. The summed E-state index contributed by atoms with van der Waals surface area (Å²) in [6, 6.07) is 11.3. The van der Waals surface area contributed by atoms with Gasteiger partial charge in [-0.3, -0.25) is 9.59 Å². The van der Waals surface area contributed by atoms with Gasteiger partial charge in [-0.05, 0) is 65.8 Å². The van der Waals surface area contributed by atoms with E-state index in [0.717, 1.165) is 0 Å². The van der Waals surface area contributed by atoms with Crippen molar-refractivity contribution in [1.29, 1.82) is 0 Å². The Bertz CT molecular complexity index is 2050. The second-order valence-electron chi connectivity index (χ2n) is 12.5. The van der Waals surface area contributed by atoms with E-state index in [1.165, 1.54) is 90.1 Å². The van der Waals surface area contributed by atoms with Crippen molar-refractivity contribution >= 4 is 27.4 Å². The van der Waals surface area contributed by atoms with Gasteiger partial charge < -0.3 is 27.6 Å². The Hall–Kier alpha value is -5.30. The number of ether oxygens (including phenoxy) is 2. The van der Waals surface area contributed by atoms with Crippen LogP contribution in [0.4, 0.5) is 43.9 Å². The number of carbonyl (C=O) groups is 2. The number of esters is 2. The third kappa shape index (κ3) is 12.8. The van der Waals surface area contributed by atoms with Crippen molar-refractivity contribution in [2.45, 2.75) is 65.8 Å². The van der Waals surface area contributed by atoms with E-state index in [9.17, 15) is 62.6 Å². The van der Waals surface area contributed by atoms with Crippen LogP contribution in [0.5, 0.6) is 23.0 Å². The molecule has 4 aromatic carbocycles. The molecule has 0 aromatic heterocycles. The molecule has 24 heteroatoms. The molecular weight excluding hydrogens is 872 g/mol. The van der Waals surface area contributed by atoms with Crippen LogP contribution >= 0.6 is 15.5 Å². The van der Waals surface area contributed by atoms with Gasteiger partial charge in [0.25, 0.3) is 0 Å². The smallest absolute Gasteiger partial charge is 0.462 e. The molecule has 0 bridgehead atoms. The predicted octanol–water partition coefficient (Wildman–Crippen LogP) is 9.76. The molecule has 0 saturated heterocycles. The second kappa shape index (κ2) is 20.8. The monoisotopic (exact) mass is 906 g/mol. The summed E-state index contributed by atoms with van der Waals surface area (Å²) in [7, 11) is -9.82. The van der Waals surface area contributed by atoms with Crippen molar-refractivity contribution in [3.05, 3.63) is 119 Å². The second-order valence-corrected chi connectivity index (χ2v) is 15.7. The molecule has 0 heterocycles. The Labute approximate surface area is 335 Å². The predicted molar refractivity (Wildman–Crippen MR) is 191 cm³/mol. The Kier molecular flexibility index (Phi) is 17.0. The molecule has 0 spiro atoms. The highest BCUT2D eigenvalue weighted by molar-refractivity contribution is 7.52. The van der Waals surface area contributed by atoms with Crippen molar-refractivity contribution in [2.24, 2.45) is 0 Å². The number of hydrogen-bond donors (Lipinski definition) is 2. The molecule has 0 saturated carbocycles. The van der Waals surface area contributed by atoms with Gasteiger partial charge in [-0.1, -0.05) is 36.4 Å². The Morgan fingerprint density at radius 3 is 0.933 bits per heavy atom. The average molecular weight is 907 g/mol. The summed E-state index contributed by atoms with van der Waals surface area (Å²) in [5.41, 5.74) is 0. The largest absolute Gasteiger partial charge is 0.513 e. The lowest BCUT2D eigenvalue weighted by Gasteiger charge is -2.24. The number of nitrogens with one attached hydrogen (secondary N) is 2. The molecule has 0 amide bonds. The molecule has 0 fully saturated rings. The summed E-state index contributed by atoms with van der Waals surface area (Å²) in [5, 5.41) is 4.14. The van der Waals surface area contributed by atoms with Crippen molar-refractivity contribution < 1.29 is 90.2 Å². The van der Waals surface area contributed by atoms with E-state index in [1.54, 1.807) is 12.1 Å². The quantitative estimate of drug-likeness (QED) is 0.0363. The third-order valence-corrected chi connectivity index (χ3v) is 9.97. The molecule has 2 N–H and O–H groups in total. The first-order valence-electron chi connectivity index (χ1n) is 17.0. The Morgan fingerprint density at radius 2 is 0.683 bits per heavy atom. The lowest BCUT2D eigenvalue weighted by atomic mass is 10.3. The van der Waals surface area contributed by atoms with Gasteiger partial charge in [0.2, 0.25) is 69.7 Å². The summed E-state index contributed by atoms with van der Waals surface area (Å²) in [4.78, 5) is 24.0. The van der Waals surface area contributed by atoms with Gasteiger partial charge in [0.15, 0.2) is 0 Å². The van der Waals surface area contributed by atoms with Crippen LogP contribution in [0.3, 0.4) is 0 Å². The molecular formula is C36H34F10N2O10P2. The third-order valence-electron chi connectivity index (χ3n) is 6.81. The van der Waals surface area contributed by atoms with Crippen LogP contribution in [0.1, 0.15) is 41.5 Å². The lowest BCUT2D eigenvalue weighted by molar-refractivity contribution is -0.149. The number of halogens is 10.